The van der Waals surface area contributed by atoms with E-state index in [1.165, 1.54) is 11.0 Å². The summed E-state index contributed by atoms with van der Waals surface area (Å²) in [5, 5.41) is 13.7. The van der Waals surface area contributed by atoms with Crippen LogP contribution in [0.1, 0.15) is 28.4 Å². The van der Waals surface area contributed by atoms with Crippen LogP contribution in [0.25, 0.3) is 5.69 Å². The van der Waals surface area contributed by atoms with Crippen LogP contribution in [0.4, 0.5) is 5.69 Å². The van der Waals surface area contributed by atoms with Gasteiger partial charge in [0.1, 0.15) is 6.33 Å². The van der Waals surface area contributed by atoms with Gasteiger partial charge in [0.05, 0.1) is 11.3 Å². The number of benzene rings is 2. The molecule has 3 rings (SSSR count). The SMILES string of the molecule is CCc1cccc(C)c1NC(=O)COC(=O)c1ccc(-n2cnnn2)cc1. The fourth-order valence-electron chi connectivity index (χ4n) is 2.62. The summed E-state index contributed by atoms with van der Waals surface area (Å²) in [6.45, 7) is 3.58. The monoisotopic (exact) mass is 365 g/mol. The third kappa shape index (κ3) is 4.35. The zero-order valence-electron chi connectivity index (χ0n) is 15.0. The van der Waals surface area contributed by atoms with Gasteiger partial charge >= 0.3 is 5.97 Å². The first kappa shape index (κ1) is 18.2. The second-order valence-corrected chi connectivity index (χ2v) is 5.89. The predicted molar refractivity (Wildman–Crippen MR) is 98.6 cm³/mol. The first-order valence-corrected chi connectivity index (χ1v) is 8.47. The lowest BCUT2D eigenvalue weighted by Gasteiger charge is -2.13. The summed E-state index contributed by atoms with van der Waals surface area (Å²) in [7, 11) is 0. The molecule has 1 N–H and O–H groups in total. The Morgan fingerprint density at radius 2 is 1.93 bits per heavy atom. The number of carbonyl (C=O) groups is 2. The number of ether oxygens (including phenoxy) is 1. The first-order valence-electron chi connectivity index (χ1n) is 8.47. The number of tetrazole rings is 1. The quantitative estimate of drug-likeness (QED) is 0.673. The van der Waals surface area contributed by atoms with Crippen molar-refractivity contribution in [3.63, 3.8) is 0 Å². The van der Waals surface area contributed by atoms with Crippen LogP contribution in [-0.4, -0.2) is 38.7 Å². The Balaban J connectivity index is 1.58. The summed E-state index contributed by atoms with van der Waals surface area (Å²) < 4.78 is 6.58. The third-order valence-electron chi connectivity index (χ3n) is 4.06. The van der Waals surface area contributed by atoms with E-state index in [4.69, 9.17) is 4.74 Å². The maximum absolute atomic E-state index is 12.2. The van der Waals surface area contributed by atoms with Crippen molar-refractivity contribution in [2.24, 2.45) is 0 Å². The van der Waals surface area contributed by atoms with Gasteiger partial charge in [-0.05, 0) is 59.2 Å². The van der Waals surface area contributed by atoms with Crippen molar-refractivity contribution >= 4 is 17.6 Å². The van der Waals surface area contributed by atoms with Crippen LogP contribution < -0.4 is 5.32 Å². The summed E-state index contributed by atoms with van der Waals surface area (Å²) in [4.78, 5) is 24.3. The van der Waals surface area contributed by atoms with Gasteiger partial charge < -0.3 is 10.1 Å². The van der Waals surface area contributed by atoms with Crippen LogP contribution in [0, 0.1) is 6.92 Å². The number of aryl methyl sites for hydroxylation is 2. The molecule has 8 heteroatoms. The van der Waals surface area contributed by atoms with Gasteiger partial charge in [-0.25, -0.2) is 9.48 Å². The fraction of sp³-hybridized carbons (Fsp3) is 0.211. The highest BCUT2D eigenvalue weighted by molar-refractivity contribution is 5.96. The number of amides is 1. The van der Waals surface area contributed by atoms with E-state index in [-0.39, 0.29) is 12.5 Å². The number of esters is 1. The topological polar surface area (TPSA) is 99.0 Å². The number of nitrogens with zero attached hydrogens (tertiary/aromatic N) is 4. The molecule has 0 aliphatic carbocycles. The molecule has 0 saturated heterocycles. The molecule has 0 bridgehead atoms. The highest BCUT2D eigenvalue weighted by Gasteiger charge is 2.13. The van der Waals surface area contributed by atoms with Gasteiger partial charge in [0.25, 0.3) is 5.91 Å². The maximum Gasteiger partial charge on any atom is 0.338 e. The van der Waals surface area contributed by atoms with Crippen molar-refractivity contribution in [2.75, 3.05) is 11.9 Å². The molecule has 0 radical (unpaired) electrons. The molecule has 0 unspecified atom stereocenters. The Bertz CT molecular complexity index is 936. The number of aromatic nitrogens is 4. The van der Waals surface area contributed by atoms with Crippen molar-refractivity contribution in [1.82, 2.24) is 20.2 Å². The lowest BCUT2D eigenvalue weighted by atomic mass is 10.1. The van der Waals surface area contributed by atoms with Gasteiger partial charge in [-0.1, -0.05) is 25.1 Å². The van der Waals surface area contributed by atoms with Crippen LogP contribution in [0.2, 0.25) is 0 Å². The van der Waals surface area contributed by atoms with Crippen LogP contribution in [0.15, 0.2) is 48.8 Å². The molecule has 0 saturated carbocycles. The van der Waals surface area contributed by atoms with E-state index in [2.05, 4.69) is 20.8 Å². The van der Waals surface area contributed by atoms with Crippen molar-refractivity contribution in [3.05, 3.63) is 65.5 Å². The second kappa shape index (κ2) is 8.22. The van der Waals surface area contributed by atoms with Gasteiger partial charge in [-0.2, -0.15) is 0 Å². The molecule has 1 amide bonds. The highest BCUT2D eigenvalue weighted by atomic mass is 16.5. The number of nitrogens with one attached hydrogen (secondary N) is 1. The van der Waals surface area contributed by atoms with Gasteiger partial charge in [0.2, 0.25) is 0 Å². The lowest BCUT2D eigenvalue weighted by Crippen LogP contribution is -2.22. The van der Waals surface area contributed by atoms with Gasteiger partial charge in [0, 0.05) is 5.69 Å². The number of hydrogen-bond acceptors (Lipinski definition) is 6. The molecule has 0 fully saturated rings. The standard InChI is InChI=1S/C19H19N5O3/c1-3-14-6-4-5-13(2)18(14)21-17(25)11-27-19(26)15-7-9-16(10-8-15)24-12-20-22-23-24/h4-10,12H,3,11H2,1-2H3,(H,21,25). The summed E-state index contributed by atoms with van der Waals surface area (Å²) >= 11 is 0. The fourth-order valence-corrected chi connectivity index (χ4v) is 2.62. The Hall–Kier alpha value is -3.55. The second-order valence-electron chi connectivity index (χ2n) is 5.89. The predicted octanol–water partition coefficient (Wildman–Crippen LogP) is 2.33. The van der Waals surface area contributed by atoms with Crippen LogP contribution in [-0.2, 0) is 16.0 Å². The Morgan fingerprint density at radius 3 is 2.59 bits per heavy atom. The summed E-state index contributed by atoms with van der Waals surface area (Å²) in [5.74, 6) is -0.952. The van der Waals surface area contributed by atoms with E-state index in [0.29, 0.717) is 11.3 Å². The largest absolute Gasteiger partial charge is 0.452 e. The smallest absolute Gasteiger partial charge is 0.338 e. The van der Waals surface area contributed by atoms with Gasteiger partial charge in [-0.15, -0.1) is 5.10 Å². The van der Waals surface area contributed by atoms with E-state index in [9.17, 15) is 9.59 Å². The van der Waals surface area contributed by atoms with Crippen LogP contribution in [0.5, 0.6) is 0 Å². The van der Waals surface area contributed by atoms with Crippen LogP contribution in [0.3, 0.4) is 0 Å². The molecule has 3 aromatic rings. The maximum atomic E-state index is 12.2. The normalized spacial score (nSPS) is 10.4. The Morgan fingerprint density at radius 1 is 1.15 bits per heavy atom. The Kier molecular flexibility index (Phi) is 5.55. The molecule has 2 aromatic carbocycles. The minimum Gasteiger partial charge on any atom is -0.452 e. The van der Waals surface area contributed by atoms with Crippen molar-refractivity contribution in [1.29, 1.82) is 0 Å². The van der Waals surface area contributed by atoms with E-state index in [1.807, 2.05) is 32.0 Å². The lowest BCUT2D eigenvalue weighted by molar-refractivity contribution is -0.119. The van der Waals surface area contributed by atoms with Crippen LogP contribution >= 0.6 is 0 Å². The third-order valence-corrected chi connectivity index (χ3v) is 4.06. The molecule has 27 heavy (non-hydrogen) atoms. The average Bonchev–Trinajstić information content (AvgIpc) is 3.22. The van der Waals surface area contributed by atoms with Gasteiger partial charge in [0.15, 0.2) is 6.61 Å². The highest BCUT2D eigenvalue weighted by Crippen LogP contribution is 2.21. The van der Waals surface area contributed by atoms with Gasteiger partial charge in [-0.3, -0.25) is 4.79 Å². The first-order chi connectivity index (χ1) is 13.1. The molecule has 138 valence electrons. The number of rotatable bonds is 6. The average molecular weight is 365 g/mol. The minimum atomic E-state index is -0.575. The number of hydrogen-bond donors (Lipinski definition) is 1. The molecular weight excluding hydrogens is 346 g/mol. The summed E-state index contributed by atoms with van der Waals surface area (Å²) in [6, 6.07) is 12.4. The molecule has 0 aliphatic heterocycles. The molecule has 1 heterocycles. The molecule has 0 aliphatic rings. The number of para-hydroxylation sites is 1. The minimum absolute atomic E-state index is 0.338. The summed E-state index contributed by atoms with van der Waals surface area (Å²) in [5.41, 5.74) is 3.82. The molecular formula is C19H19N5O3. The van der Waals surface area contributed by atoms with E-state index in [1.54, 1.807) is 24.3 Å². The van der Waals surface area contributed by atoms with Crippen molar-refractivity contribution in [3.8, 4) is 5.69 Å². The molecule has 0 spiro atoms. The number of anilines is 1. The molecule has 1 aromatic heterocycles. The zero-order valence-corrected chi connectivity index (χ0v) is 15.0. The van der Waals surface area contributed by atoms with E-state index < -0.39 is 5.97 Å². The summed E-state index contributed by atoms with van der Waals surface area (Å²) in [6.07, 6.45) is 2.25. The molecule has 8 nitrogen and oxygen atoms in total. The van der Waals surface area contributed by atoms with Crippen molar-refractivity contribution < 1.29 is 14.3 Å². The number of carbonyl (C=O) groups excluding carboxylic acids is 2. The van der Waals surface area contributed by atoms with Crippen molar-refractivity contribution in [2.45, 2.75) is 20.3 Å². The van der Waals surface area contributed by atoms with E-state index in [0.717, 1.165) is 23.2 Å². The zero-order chi connectivity index (χ0) is 19.2. The van der Waals surface area contributed by atoms with E-state index >= 15 is 0 Å². The Labute approximate surface area is 156 Å². The molecule has 0 atom stereocenters.